The number of nitrogens with zero attached hydrogens (tertiary/aromatic N) is 1. The quantitative estimate of drug-likeness (QED) is 0.670. The summed E-state index contributed by atoms with van der Waals surface area (Å²) in [7, 11) is 0. The number of carbonyl (C=O) groups is 1. The second-order valence-corrected chi connectivity index (χ2v) is 3.84. The van der Waals surface area contributed by atoms with Gasteiger partial charge in [-0.1, -0.05) is 0 Å². The van der Waals surface area contributed by atoms with Crippen LogP contribution in [-0.2, 0) is 6.54 Å². The van der Waals surface area contributed by atoms with E-state index in [9.17, 15) is 18.0 Å². The Morgan fingerprint density at radius 2 is 2.19 bits per heavy atom. The zero-order valence-electron chi connectivity index (χ0n) is 7.71. The molecule has 0 amide bonds. The van der Waals surface area contributed by atoms with Gasteiger partial charge < -0.3 is 10.5 Å². The van der Waals surface area contributed by atoms with Gasteiger partial charge in [-0.05, 0) is 28.2 Å². The van der Waals surface area contributed by atoms with Crippen LogP contribution in [0.4, 0.5) is 13.2 Å². The Bertz CT molecular complexity index is 409. The first-order chi connectivity index (χ1) is 7.39. The number of pyridine rings is 1. The van der Waals surface area contributed by atoms with E-state index in [4.69, 9.17) is 5.73 Å². The first kappa shape index (κ1) is 13.2. The van der Waals surface area contributed by atoms with E-state index in [1.807, 2.05) is 22.6 Å². The van der Waals surface area contributed by atoms with E-state index in [2.05, 4.69) is 9.72 Å². The maximum absolute atomic E-state index is 12.0. The highest BCUT2D eigenvalue weighted by Crippen LogP contribution is 2.27. The fourth-order valence-corrected chi connectivity index (χ4v) is 1.69. The maximum Gasteiger partial charge on any atom is 0.574 e. The maximum atomic E-state index is 12.0. The van der Waals surface area contributed by atoms with Gasteiger partial charge in [0.1, 0.15) is 0 Å². The largest absolute Gasteiger partial charge is 0.574 e. The number of alkyl halides is 3. The summed E-state index contributed by atoms with van der Waals surface area (Å²) in [5.41, 5.74) is 5.34. The number of hydrogen-bond acceptors (Lipinski definition) is 4. The molecular formula is C8H6F3IN2O2. The molecule has 1 heterocycles. The fraction of sp³-hybridized carbons (Fsp3) is 0.250. The second-order valence-electron chi connectivity index (χ2n) is 2.67. The molecule has 8 heteroatoms. The van der Waals surface area contributed by atoms with E-state index in [1.54, 1.807) is 0 Å². The predicted molar refractivity (Wildman–Crippen MR) is 56.9 cm³/mol. The summed E-state index contributed by atoms with van der Waals surface area (Å²) in [4.78, 5) is 14.1. The van der Waals surface area contributed by atoms with Crippen molar-refractivity contribution in [1.82, 2.24) is 4.98 Å². The molecule has 16 heavy (non-hydrogen) atoms. The summed E-state index contributed by atoms with van der Waals surface area (Å²) in [5, 5.41) is 0. The van der Waals surface area contributed by atoms with Crippen molar-refractivity contribution in [2.24, 2.45) is 5.73 Å². The molecule has 2 N–H and O–H groups in total. The van der Waals surface area contributed by atoms with Crippen LogP contribution in [-0.4, -0.2) is 17.6 Å². The minimum Gasteiger partial charge on any atom is -0.387 e. The molecule has 0 aliphatic heterocycles. The minimum absolute atomic E-state index is 0.0664. The fourth-order valence-electron chi connectivity index (χ4n) is 1.04. The zero-order chi connectivity index (χ0) is 12.3. The second kappa shape index (κ2) is 4.95. The van der Waals surface area contributed by atoms with Gasteiger partial charge >= 0.3 is 6.36 Å². The third-order valence-corrected chi connectivity index (χ3v) is 2.60. The third-order valence-electron chi connectivity index (χ3n) is 1.67. The van der Waals surface area contributed by atoms with Crippen LogP contribution in [0.5, 0.6) is 5.88 Å². The Balaban J connectivity index is 3.25. The number of aromatic nitrogens is 1. The van der Waals surface area contributed by atoms with Crippen LogP contribution in [0.3, 0.4) is 0 Å². The first-order valence-electron chi connectivity index (χ1n) is 3.97. The standard InChI is InChI=1S/C8H6F3IN2O2/c9-8(10,11)16-7-5(3-15)4(1-13)6(12)2-14-7/h2-3H,1,13H2. The number of ether oxygens (including phenoxy) is 1. The molecule has 0 unspecified atom stereocenters. The zero-order valence-corrected chi connectivity index (χ0v) is 9.87. The lowest BCUT2D eigenvalue weighted by Gasteiger charge is -2.12. The number of carbonyl (C=O) groups excluding carboxylic acids is 1. The van der Waals surface area contributed by atoms with Crippen molar-refractivity contribution in [3.05, 3.63) is 20.9 Å². The van der Waals surface area contributed by atoms with Crippen molar-refractivity contribution >= 4 is 28.9 Å². The molecule has 4 nitrogen and oxygen atoms in total. The molecule has 0 aliphatic carbocycles. The summed E-state index contributed by atoms with van der Waals surface area (Å²) >= 11 is 1.83. The lowest BCUT2D eigenvalue weighted by atomic mass is 10.1. The van der Waals surface area contributed by atoms with Crippen LogP contribution >= 0.6 is 22.6 Å². The summed E-state index contributed by atoms with van der Waals surface area (Å²) in [5.74, 6) is -0.775. The number of hydrogen-bond donors (Lipinski definition) is 1. The van der Waals surface area contributed by atoms with Gasteiger partial charge in [0.15, 0.2) is 6.29 Å². The van der Waals surface area contributed by atoms with Crippen molar-refractivity contribution in [3.63, 3.8) is 0 Å². The highest BCUT2D eigenvalue weighted by atomic mass is 127. The molecule has 0 fully saturated rings. The summed E-state index contributed by atoms with van der Waals surface area (Å²) < 4.78 is 40.1. The molecule has 0 aromatic carbocycles. The SMILES string of the molecule is NCc1c(I)cnc(OC(F)(F)F)c1C=O. The van der Waals surface area contributed by atoms with Crippen molar-refractivity contribution in [1.29, 1.82) is 0 Å². The van der Waals surface area contributed by atoms with Gasteiger partial charge in [0.25, 0.3) is 0 Å². The lowest BCUT2D eigenvalue weighted by Crippen LogP contribution is -2.20. The summed E-state index contributed by atoms with van der Waals surface area (Å²) in [6.07, 6.45) is -3.47. The molecule has 1 rings (SSSR count). The van der Waals surface area contributed by atoms with Crippen LogP contribution in [0.1, 0.15) is 15.9 Å². The number of rotatable bonds is 3. The lowest BCUT2D eigenvalue weighted by molar-refractivity contribution is -0.276. The molecule has 0 atom stereocenters. The number of aldehydes is 1. The Hall–Kier alpha value is -0.900. The van der Waals surface area contributed by atoms with E-state index in [-0.39, 0.29) is 24.0 Å². The van der Waals surface area contributed by atoms with Gasteiger partial charge in [-0.3, -0.25) is 4.79 Å². The Kier molecular flexibility index (Phi) is 4.08. The Morgan fingerprint density at radius 1 is 1.56 bits per heavy atom. The van der Waals surface area contributed by atoms with E-state index < -0.39 is 12.2 Å². The number of nitrogens with two attached hydrogens (primary N) is 1. The van der Waals surface area contributed by atoms with Crippen molar-refractivity contribution in [2.75, 3.05) is 0 Å². The smallest absolute Gasteiger partial charge is 0.387 e. The Morgan fingerprint density at radius 3 is 2.62 bits per heavy atom. The molecule has 0 aliphatic rings. The van der Waals surface area contributed by atoms with Gasteiger partial charge in [-0.2, -0.15) is 0 Å². The van der Waals surface area contributed by atoms with Crippen molar-refractivity contribution in [3.8, 4) is 5.88 Å². The van der Waals surface area contributed by atoms with Gasteiger partial charge in [0.05, 0.1) is 5.56 Å². The topological polar surface area (TPSA) is 65.2 Å². The Labute approximate surface area is 102 Å². The van der Waals surface area contributed by atoms with Gasteiger partial charge in [-0.15, -0.1) is 13.2 Å². The predicted octanol–water partition coefficient (Wildman–Crippen LogP) is 1.86. The average molecular weight is 346 g/mol. The van der Waals surface area contributed by atoms with Crippen LogP contribution in [0.25, 0.3) is 0 Å². The molecule has 1 aromatic heterocycles. The molecule has 0 spiro atoms. The molecular weight excluding hydrogens is 340 g/mol. The van der Waals surface area contributed by atoms with E-state index in [0.29, 0.717) is 3.57 Å². The van der Waals surface area contributed by atoms with E-state index in [0.717, 1.165) is 6.20 Å². The van der Waals surface area contributed by atoms with Gasteiger partial charge in [-0.25, -0.2) is 4.98 Å². The molecule has 1 aromatic rings. The van der Waals surface area contributed by atoms with Crippen molar-refractivity contribution in [2.45, 2.75) is 12.9 Å². The molecule has 0 saturated carbocycles. The molecule has 0 radical (unpaired) electrons. The summed E-state index contributed by atoms with van der Waals surface area (Å²) in [6.45, 7) is -0.0664. The monoisotopic (exact) mass is 346 g/mol. The van der Waals surface area contributed by atoms with Gasteiger partial charge in [0, 0.05) is 16.3 Å². The van der Waals surface area contributed by atoms with Crippen molar-refractivity contribution < 1.29 is 22.7 Å². The van der Waals surface area contributed by atoms with Crippen LogP contribution in [0.2, 0.25) is 0 Å². The van der Waals surface area contributed by atoms with Crippen LogP contribution < -0.4 is 10.5 Å². The first-order valence-corrected chi connectivity index (χ1v) is 5.05. The van der Waals surface area contributed by atoms with Crippen LogP contribution in [0, 0.1) is 3.57 Å². The normalized spacial score (nSPS) is 11.3. The number of halogens is 4. The average Bonchev–Trinajstić information content (AvgIpc) is 2.18. The molecule has 0 saturated heterocycles. The third kappa shape index (κ3) is 3.04. The van der Waals surface area contributed by atoms with Gasteiger partial charge in [0.2, 0.25) is 5.88 Å². The van der Waals surface area contributed by atoms with E-state index in [1.165, 1.54) is 0 Å². The molecule has 88 valence electrons. The minimum atomic E-state index is -4.89. The van der Waals surface area contributed by atoms with E-state index >= 15 is 0 Å². The highest BCUT2D eigenvalue weighted by molar-refractivity contribution is 14.1. The molecule has 0 bridgehead atoms. The summed E-state index contributed by atoms with van der Waals surface area (Å²) in [6, 6.07) is 0. The van der Waals surface area contributed by atoms with Crippen LogP contribution in [0.15, 0.2) is 6.20 Å². The highest BCUT2D eigenvalue weighted by Gasteiger charge is 2.33.